The van der Waals surface area contributed by atoms with E-state index in [4.69, 9.17) is 4.74 Å². The Labute approximate surface area is 97.2 Å². The lowest BCUT2D eigenvalue weighted by molar-refractivity contribution is 0.373. The SMILES string of the molecule is COc1cc(NCC2CCCCC2)ccn1. The van der Waals surface area contributed by atoms with Crippen molar-refractivity contribution in [3.8, 4) is 5.88 Å². The normalized spacial score (nSPS) is 17.1. The van der Waals surface area contributed by atoms with E-state index in [0.717, 1.165) is 18.2 Å². The second-order valence-electron chi connectivity index (χ2n) is 4.47. The second-order valence-corrected chi connectivity index (χ2v) is 4.47. The van der Waals surface area contributed by atoms with Gasteiger partial charge in [-0.05, 0) is 24.8 Å². The van der Waals surface area contributed by atoms with Crippen LogP contribution in [0.4, 0.5) is 5.69 Å². The van der Waals surface area contributed by atoms with Crippen LogP contribution >= 0.6 is 0 Å². The molecule has 3 heteroatoms. The van der Waals surface area contributed by atoms with E-state index in [1.54, 1.807) is 13.3 Å². The quantitative estimate of drug-likeness (QED) is 0.846. The highest BCUT2D eigenvalue weighted by atomic mass is 16.5. The molecule has 1 N–H and O–H groups in total. The van der Waals surface area contributed by atoms with Gasteiger partial charge in [0.1, 0.15) is 0 Å². The standard InChI is InChI=1S/C13H20N2O/c1-16-13-9-12(7-8-14-13)15-10-11-5-3-2-4-6-11/h7-9,11H,2-6,10H2,1H3,(H,14,15). The molecule has 1 aliphatic rings. The third kappa shape index (κ3) is 3.12. The Balaban J connectivity index is 1.83. The van der Waals surface area contributed by atoms with Crippen LogP contribution in [0.25, 0.3) is 0 Å². The molecule has 1 aliphatic carbocycles. The van der Waals surface area contributed by atoms with Crippen molar-refractivity contribution >= 4 is 5.69 Å². The Morgan fingerprint density at radius 3 is 2.94 bits per heavy atom. The minimum absolute atomic E-state index is 0.675. The molecular weight excluding hydrogens is 200 g/mol. The van der Waals surface area contributed by atoms with Gasteiger partial charge < -0.3 is 10.1 Å². The largest absolute Gasteiger partial charge is 0.481 e. The lowest BCUT2D eigenvalue weighted by Crippen LogP contribution is -2.17. The summed E-state index contributed by atoms with van der Waals surface area (Å²) in [6.07, 6.45) is 8.73. The average molecular weight is 220 g/mol. The summed E-state index contributed by atoms with van der Waals surface area (Å²) in [5.41, 5.74) is 1.11. The molecule has 0 unspecified atom stereocenters. The lowest BCUT2D eigenvalue weighted by Gasteiger charge is -2.22. The molecule has 0 bridgehead atoms. The van der Waals surface area contributed by atoms with Gasteiger partial charge in [-0.3, -0.25) is 0 Å². The van der Waals surface area contributed by atoms with Gasteiger partial charge >= 0.3 is 0 Å². The molecule has 3 nitrogen and oxygen atoms in total. The minimum atomic E-state index is 0.675. The molecule has 2 rings (SSSR count). The van der Waals surface area contributed by atoms with Crippen LogP contribution in [-0.2, 0) is 0 Å². The van der Waals surface area contributed by atoms with Crippen LogP contribution in [0.3, 0.4) is 0 Å². The maximum Gasteiger partial charge on any atom is 0.214 e. The molecule has 1 aromatic rings. The van der Waals surface area contributed by atoms with Gasteiger partial charge in [0.2, 0.25) is 5.88 Å². The minimum Gasteiger partial charge on any atom is -0.481 e. The zero-order valence-corrected chi connectivity index (χ0v) is 9.91. The number of ether oxygens (including phenoxy) is 1. The first-order valence-corrected chi connectivity index (χ1v) is 6.12. The topological polar surface area (TPSA) is 34.1 Å². The Morgan fingerprint density at radius 2 is 2.19 bits per heavy atom. The predicted octanol–water partition coefficient (Wildman–Crippen LogP) is 3.08. The van der Waals surface area contributed by atoms with Gasteiger partial charge in [0.05, 0.1) is 7.11 Å². The highest BCUT2D eigenvalue weighted by Crippen LogP contribution is 2.24. The summed E-state index contributed by atoms with van der Waals surface area (Å²) in [5, 5.41) is 3.47. The van der Waals surface area contributed by atoms with Crippen LogP contribution in [0.2, 0.25) is 0 Å². The van der Waals surface area contributed by atoms with E-state index in [0.29, 0.717) is 5.88 Å². The van der Waals surface area contributed by atoms with Crippen molar-refractivity contribution in [3.63, 3.8) is 0 Å². The van der Waals surface area contributed by atoms with Crippen molar-refractivity contribution in [2.75, 3.05) is 19.0 Å². The van der Waals surface area contributed by atoms with Gasteiger partial charge in [0, 0.05) is 24.5 Å². The van der Waals surface area contributed by atoms with Gasteiger partial charge in [-0.1, -0.05) is 19.3 Å². The van der Waals surface area contributed by atoms with Crippen molar-refractivity contribution in [2.24, 2.45) is 5.92 Å². The summed E-state index contributed by atoms with van der Waals surface area (Å²) in [4.78, 5) is 4.09. The van der Waals surface area contributed by atoms with Crippen molar-refractivity contribution in [1.82, 2.24) is 4.98 Å². The van der Waals surface area contributed by atoms with E-state index in [9.17, 15) is 0 Å². The van der Waals surface area contributed by atoms with Crippen LogP contribution in [-0.4, -0.2) is 18.6 Å². The Hall–Kier alpha value is -1.25. The van der Waals surface area contributed by atoms with E-state index in [1.165, 1.54) is 32.1 Å². The average Bonchev–Trinajstić information content (AvgIpc) is 2.38. The summed E-state index contributed by atoms with van der Waals surface area (Å²) in [5.74, 6) is 1.52. The number of rotatable bonds is 4. The number of anilines is 1. The highest BCUT2D eigenvalue weighted by molar-refractivity contribution is 5.44. The Bertz CT molecular complexity index is 321. The molecule has 88 valence electrons. The number of nitrogens with one attached hydrogen (secondary N) is 1. The molecule has 0 saturated heterocycles. The first-order chi connectivity index (χ1) is 7.88. The van der Waals surface area contributed by atoms with E-state index in [1.807, 2.05) is 12.1 Å². The molecule has 0 spiro atoms. The molecule has 0 amide bonds. The Kier molecular flexibility index (Phi) is 4.03. The van der Waals surface area contributed by atoms with Crippen LogP contribution in [0, 0.1) is 5.92 Å². The van der Waals surface area contributed by atoms with Crippen molar-refractivity contribution in [1.29, 1.82) is 0 Å². The van der Waals surface area contributed by atoms with Gasteiger partial charge in [0.15, 0.2) is 0 Å². The number of hydrogen-bond acceptors (Lipinski definition) is 3. The Morgan fingerprint density at radius 1 is 1.38 bits per heavy atom. The molecule has 0 aliphatic heterocycles. The summed E-state index contributed by atoms with van der Waals surface area (Å²) < 4.78 is 5.10. The number of hydrogen-bond donors (Lipinski definition) is 1. The van der Waals surface area contributed by atoms with Crippen molar-refractivity contribution in [3.05, 3.63) is 18.3 Å². The van der Waals surface area contributed by atoms with E-state index >= 15 is 0 Å². The van der Waals surface area contributed by atoms with E-state index in [2.05, 4.69) is 10.3 Å². The van der Waals surface area contributed by atoms with Crippen LogP contribution in [0.5, 0.6) is 5.88 Å². The number of pyridine rings is 1. The summed E-state index contributed by atoms with van der Waals surface area (Å²) in [6.45, 7) is 1.08. The number of methoxy groups -OCH3 is 1. The number of aromatic nitrogens is 1. The summed E-state index contributed by atoms with van der Waals surface area (Å²) >= 11 is 0. The van der Waals surface area contributed by atoms with Crippen LogP contribution in [0.15, 0.2) is 18.3 Å². The first kappa shape index (κ1) is 11.2. The third-order valence-electron chi connectivity index (χ3n) is 3.26. The first-order valence-electron chi connectivity index (χ1n) is 6.12. The molecule has 1 saturated carbocycles. The fourth-order valence-electron chi connectivity index (χ4n) is 2.28. The summed E-state index contributed by atoms with van der Waals surface area (Å²) in [7, 11) is 1.65. The van der Waals surface area contributed by atoms with Crippen LogP contribution < -0.4 is 10.1 Å². The van der Waals surface area contributed by atoms with Gasteiger partial charge in [-0.25, -0.2) is 4.98 Å². The zero-order valence-electron chi connectivity index (χ0n) is 9.91. The molecule has 1 aromatic heterocycles. The fraction of sp³-hybridized carbons (Fsp3) is 0.615. The van der Waals surface area contributed by atoms with Crippen molar-refractivity contribution in [2.45, 2.75) is 32.1 Å². The van der Waals surface area contributed by atoms with E-state index < -0.39 is 0 Å². The van der Waals surface area contributed by atoms with Crippen molar-refractivity contribution < 1.29 is 4.74 Å². The monoisotopic (exact) mass is 220 g/mol. The predicted molar refractivity (Wildman–Crippen MR) is 65.9 cm³/mol. The molecule has 0 radical (unpaired) electrons. The van der Waals surface area contributed by atoms with Crippen LogP contribution in [0.1, 0.15) is 32.1 Å². The summed E-state index contributed by atoms with van der Waals surface area (Å²) in [6, 6.07) is 3.94. The van der Waals surface area contributed by atoms with E-state index in [-0.39, 0.29) is 0 Å². The second kappa shape index (κ2) is 5.73. The third-order valence-corrected chi connectivity index (χ3v) is 3.26. The highest BCUT2D eigenvalue weighted by Gasteiger charge is 2.12. The fourth-order valence-corrected chi connectivity index (χ4v) is 2.28. The molecule has 1 heterocycles. The smallest absolute Gasteiger partial charge is 0.214 e. The molecule has 0 atom stereocenters. The number of nitrogens with zero attached hydrogens (tertiary/aromatic N) is 1. The van der Waals surface area contributed by atoms with Gasteiger partial charge in [-0.2, -0.15) is 0 Å². The lowest BCUT2D eigenvalue weighted by atomic mass is 9.89. The molecular formula is C13H20N2O. The molecule has 16 heavy (non-hydrogen) atoms. The molecule has 0 aromatic carbocycles. The zero-order chi connectivity index (χ0) is 11.2. The van der Waals surface area contributed by atoms with Gasteiger partial charge in [-0.15, -0.1) is 0 Å². The van der Waals surface area contributed by atoms with Gasteiger partial charge in [0.25, 0.3) is 0 Å². The maximum absolute atomic E-state index is 5.10. The maximum atomic E-state index is 5.10. The molecule has 1 fully saturated rings.